The Morgan fingerprint density at radius 1 is 1.32 bits per heavy atom. The molecule has 1 aromatic carbocycles. The van der Waals surface area contributed by atoms with Crippen molar-refractivity contribution in [1.82, 2.24) is 9.55 Å². The highest BCUT2D eigenvalue weighted by molar-refractivity contribution is 5.32. The number of benzene rings is 1. The van der Waals surface area contributed by atoms with Gasteiger partial charge in [-0.2, -0.15) is 0 Å². The molecule has 1 unspecified atom stereocenters. The molecule has 0 amide bonds. The zero-order valence-electron chi connectivity index (χ0n) is 11.5. The van der Waals surface area contributed by atoms with Crippen molar-refractivity contribution in [2.45, 2.75) is 44.7 Å². The van der Waals surface area contributed by atoms with Crippen molar-refractivity contribution in [2.24, 2.45) is 5.73 Å². The first-order valence-electron chi connectivity index (χ1n) is 7.06. The zero-order chi connectivity index (χ0) is 13.3. The number of rotatable bonds is 3. The molecule has 0 saturated carbocycles. The van der Waals surface area contributed by atoms with Gasteiger partial charge < -0.3 is 10.3 Å². The van der Waals surface area contributed by atoms with Crippen LogP contribution in [0.25, 0.3) is 0 Å². The molecule has 0 bridgehead atoms. The van der Waals surface area contributed by atoms with Crippen molar-refractivity contribution in [2.75, 3.05) is 0 Å². The molecule has 3 heteroatoms. The maximum atomic E-state index is 6.64. The molecule has 3 nitrogen and oxygen atoms in total. The average Bonchev–Trinajstić information content (AvgIpc) is 2.85. The van der Waals surface area contributed by atoms with Crippen molar-refractivity contribution < 1.29 is 0 Å². The summed E-state index contributed by atoms with van der Waals surface area (Å²) in [6.45, 7) is 3.10. The highest BCUT2D eigenvalue weighted by atomic mass is 15.1. The van der Waals surface area contributed by atoms with Crippen LogP contribution in [0.4, 0.5) is 0 Å². The third kappa shape index (κ3) is 2.43. The van der Waals surface area contributed by atoms with Crippen LogP contribution in [-0.4, -0.2) is 15.1 Å². The van der Waals surface area contributed by atoms with Crippen LogP contribution in [0.15, 0.2) is 36.7 Å². The second-order valence-corrected chi connectivity index (χ2v) is 5.61. The molecule has 1 aliphatic rings. The number of nitrogens with zero attached hydrogens (tertiary/aromatic N) is 2. The van der Waals surface area contributed by atoms with Crippen molar-refractivity contribution >= 4 is 0 Å². The predicted molar refractivity (Wildman–Crippen MR) is 77.0 cm³/mol. The molecule has 0 spiro atoms. The standard InChI is InChI=1S/C16H21N3/c1-2-19-10-9-18-15(19)12-16(17)8-7-13-5-3-4-6-14(13)11-16/h3-6,9-10H,2,7-8,11-12,17H2,1H3. The summed E-state index contributed by atoms with van der Waals surface area (Å²) in [7, 11) is 0. The highest BCUT2D eigenvalue weighted by Crippen LogP contribution is 2.29. The van der Waals surface area contributed by atoms with Crippen LogP contribution >= 0.6 is 0 Å². The molecule has 1 atom stereocenters. The first-order valence-corrected chi connectivity index (χ1v) is 7.06. The number of aromatic nitrogens is 2. The molecule has 2 aromatic rings. The lowest BCUT2D eigenvalue weighted by Crippen LogP contribution is -2.47. The van der Waals surface area contributed by atoms with E-state index in [2.05, 4.69) is 40.7 Å². The maximum Gasteiger partial charge on any atom is 0.110 e. The topological polar surface area (TPSA) is 43.8 Å². The summed E-state index contributed by atoms with van der Waals surface area (Å²) in [6, 6.07) is 8.66. The predicted octanol–water partition coefficient (Wildman–Crippen LogP) is 2.33. The molecule has 1 aromatic heterocycles. The monoisotopic (exact) mass is 255 g/mol. The van der Waals surface area contributed by atoms with Gasteiger partial charge in [0.2, 0.25) is 0 Å². The van der Waals surface area contributed by atoms with Crippen LogP contribution in [0.3, 0.4) is 0 Å². The van der Waals surface area contributed by atoms with Crippen LogP contribution in [-0.2, 0) is 25.8 Å². The van der Waals surface area contributed by atoms with E-state index in [9.17, 15) is 0 Å². The van der Waals surface area contributed by atoms with E-state index in [1.807, 2.05) is 12.4 Å². The number of hydrogen-bond acceptors (Lipinski definition) is 2. The Kier molecular flexibility index (Phi) is 3.15. The van der Waals surface area contributed by atoms with E-state index in [0.29, 0.717) is 0 Å². The van der Waals surface area contributed by atoms with Crippen LogP contribution in [0.1, 0.15) is 30.3 Å². The Morgan fingerprint density at radius 3 is 2.89 bits per heavy atom. The fraction of sp³-hybridized carbons (Fsp3) is 0.438. The zero-order valence-corrected chi connectivity index (χ0v) is 11.5. The summed E-state index contributed by atoms with van der Waals surface area (Å²) in [5, 5.41) is 0. The molecule has 1 aliphatic carbocycles. The molecule has 100 valence electrons. The maximum absolute atomic E-state index is 6.64. The molecule has 0 fully saturated rings. The smallest absolute Gasteiger partial charge is 0.110 e. The summed E-state index contributed by atoms with van der Waals surface area (Å²) in [5.74, 6) is 1.12. The summed E-state index contributed by atoms with van der Waals surface area (Å²) in [5.41, 5.74) is 9.36. The van der Waals surface area contributed by atoms with Gasteiger partial charge in [0.25, 0.3) is 0 Å². The van der Waals surface area contributed by atoms with Gasteiger partial charge in [0.1, 0.15) is 5.82 Å². The Labute approximate surface area is 114 Å². The van der Waals surface area contributed by atoms with Crippen molar-refractivity contribution in [3.8, 4) is 0 Å². The third-order valence-corrected chi connectivity index (χ3v) is 4.21. The van der Waals surface area contributed by atoms with Crippen molar-refractivity contribution in [1.29, 1.82) is 0 Å². The van der Waals surface area contributed by atoms with E-state index in [4.69, 9.17) is 5.73 Å². The molecule has 19 heavy (non-hydrogen) atoms. The number of hydrogen-bond donors (Lipinski definition) is 1. The number of aryl methyl sites for hydroxylation is 2. The molecule has 3 rings (SSSR count). The van der Waals surface area contributed by atoms with Crippen LogP contribution in [0.2, 0.25) is 0 Å². The lowest BCUT2D eigenvalue weighted by atomic mass is 9.76. The minimum Gasteiger partial charge on any atom is -0.335 e. The largest absolute Gasteiger partial charge is 0.335 e. The normalized spacial score (nSPS) is 22.2. The Morgan fingerprint density at radius 2 is 2.11 bits per heavy atom. The second kappa shape index (κ2) is 4.82. The van der Waals surface area contributed by atoms with Gasteiger partial charge in [0, 0.05) is 30.9 Å². The van der Waals surface area contributed by atoms with E-state index < -0.39 is 0 Å². The minimum atomic E-state index is -0.146. The fourth-order valence-corrected chi connectivity index (χ4v) is 3.09. The first kappa shape index (κ1) is 12.4. The fourth-order valence-electron chi connectivity index (χ4n) is 3.09. The van der Waals surface area contributed by atoms with Crippen LogP contribution < -0.4 is 5.73 Å². The van der Waals surface area contributed by atoms with Crippen LogP contribution in [0.5, 0.6) is 0 Å². The summed E-state index contributed by atoms with van der Waals surface area (Å²) in [4.78, 5) is 4.47. The van der Waals surface area contributed by atoms with E-state index in [1.165, 1.54) is 11.1 Å². The van der Waals surface area contributed by atoms with Crippen molar-refractivity contribution in [3.05, 3.63) is 53.6 Å². The van der Waals surface area contributed by atoms with Gasteiger partial charge in [-0.1, -0.05) is 24.3 Å². The molecule has 1 heterocycles. The summed E-state index contributed by atoms with van der Waals surface area (Å²) in [6.07, 6.45) is 7.86. The average molecular weight is 255 g/mol. The minimum absolute atomic E-state index is 0.146. The van der Waals surface area contributed by atoms with Gasteiger partial charge in [-0.3, -0.25) is 0 Å². The number of imidazole rings is 1. The van der Waals surface area contributed by atoms with Crippen LogP contribution in [0, 0.1) is 0 Å². The van der Waals surface area contributed by atoms with E-state index in [1.54, 1.807) is 0 Å². The molecular weight excluding hydrogens is 234 g/mol. The summed E-state index contributed by atoms with van der Waals surface area (Å²) >= 11 is 0. The van der Waals surface area contributed by atoms with E-state index in [0.717, 1.165) is 38.1 Å². The SMILES string of the molecule is CCn1ccnc1CC1(N)CCc2ccccc2C1. The molecule has 2 N–H and O–H groups in total. The van der Waals surface area contributed by atoms with Gasteiger partial charge in [-0.05, 0) is 37.3 Å². The summed E-state index contributed by atoms with van der Waals surface area (Å²) < 4.78 is 2.19. The van der Waals surface area contributed by atoms with E-state index in [-0.39, 0.29) is 5.54 Å². The second-order valence-electron chi connectivity index (χ2n) is 5.61. The molecule has 0 radical (unpaired) electrons. The quantitative estimate of drug-likeness (QED) is 0.914. The molecular formula is C16H21N3. The Hall–Kier alpha value is -1.61. The highest BCUT2D eigenvalue weighted by Gasteiger charge is 2.31. The lowest BCUT2D eigenvalue weighted by molar-refractivity contribution is 0.357. The van der Waals surface area contributed by atoms with Gasteiger partial charge in [-0.25, -0.2) is 4.98 Å². The van der Waals surface area contributed by atoms with Crippen molar-refractivity contribution in [3.63, 3.8) is 0 Å². The Bertz CT molecular complexity index is 573. The third-order valence-electron chi connectivity index (χ3n) is 4.21. The first-order chi connectivity index (χ1) is 9.20. The van der Waals surface area contributed by atoms with Gasteiger partial charge in [0.05, 0.1) is 0 Å². The van der Waals surface area contributed by atoms with Gasteiger partial charge in [-0.15, -0.1) is 0 Å². The molecule has 0 saturated heterocycles. The van der Waals surface area contributed by atoms with Gasteiger partial charge in [0.15, 0.2) is 0 Å². The van der Waals surface area contributed by atoms with E-state index >= 15 is 0 Å². The number of fused-ring (bicyclic) bond motifs is 1. The lowest BCUT2D eigenvalue weighted by Gasteiger charge is -2.34. The van der Waals surface area contributed by atoms with Gasteiger partial charge >= 0.3 is 0 Å². The number of nitrogens with two attached hydrogens (primary N) is 1. The Balaban J connectivity index is 1.82. The molecule has 0 aliphatic heterocycles.